The van der Waals surface area contributed by atoms with Gasteiger partial charge in [0.05, 0.1) is 5.41 Å². The second-order valence-corrected chi connectivity index (χ2v) is 4.55. The molecule has 0 aromatic carbocycles. The number of aliphatic carboxylic acids is 2. The Balaban J connectivity index is 0.000000433. The Morgan fingerprint density at radius 3 is 2.24 bits per heavy atom. The van der Waals surface area contributed by atoms with Crippen LogP contribution in [0.4, 0.5) is 0 Å². The van der Waals surface area contributed by atoms with Crippen molar-refractivity contribution in [3.8, 4) is 0 Å². The SMILES string of the molecule is C=CC(=C=CC)C=C.CC1(C(=O)O)C=CC=C(C(=O)O)C1. The van der Waals surface area contributed by atoms with Crippen molar-refractivity contribution in [2.75, 3.05) is 0 Å². The van der Waals surface area contributed by atoms with Crippen LogP contribution in [0.3, 0.4) is 0 Å². The Bertz CT molecular complexity index is 547. The van der Waals surface area contributed by atoms with Crippen molar-refractivity contribution in [3.05, 3.63) is 66.5 Å². The lowest BCUT2D eigenvalue weighted by molar-refractivity contribution is -0.145. The average molecular weight is 288 g/mol. The Labute approximate surface area is 124 Å². The van der Waals surface area contributed by atoms with Gasteiger partial charge in [-0.2, -0.15) is 0 Å². The first-order chi connectivity index (χ1) is 9.80. The molecule has 0 aromatic rings. The van der Waals surface area contributed by atoms with Crippen molar-refractivity contribution < 1.29 is 19.8 Å². The van der Waals surface area contributed by atoms with E-state index in [0.29, 0.717) is 0 Å². The van der Waals surface area contributed by atoms with Crippen LogP contribution in [0.2, 0.25) is 0 Å². The molecule has 0 amide bonds. The number of carboxylic acid groups (broad SMARTS) is 2. The molecule has 0 saturated carbocycles. The first-order valence-corrected chi connectivity index (χ1v) is 6.32. The van der Waals surface area contributed by atoms with Gasteiger partial charge in [-0.1, -0.05) is 43.5 Å². The molecule has 4 nitrogen and oxygen atoms in total. The fourth-order valence-electron chi connectivity index (χ4n) is 1.55. The third-order valence-electron chi connectivity index (χ3n) is 2.83. The molecule has 0 bridgehead atoms. The minimum Gasteiger partial charge on any atom is -0.481 e. The summed E-state index contributed by atoms with van der Waals surface area (Å²) in [6.45, 7) is 10.5. The summed E-state index contributed by atoms with van der Waals surface area (Å²) in [6, 6.07) is 0. The van der Waals surface area contributed by atoms with Gasteiger partial charge in [-0.3, -0.25) is 4.79 Å². The Hall–Kier alpha value is -2.58. The molecule has 0 heterocycles. The molecule has 0 spiro atoms. The zero-order chi connectivity index (χ0) is 16.5. The monoisotopic (exact) mass is 288 g/mol. The molecule has 0 radical (unpaired) electrons. The first kappa shape index (κ1) is 18.4. The lowest BCUT2D eigenvalue weighted by Crippen LogP contribution is -2.28. The van der Waals surface area contributed by atoms with E-state index < -0.39 is 17.4 Å². The molecule has 1 rings (SSSR count). The molecule has 1 unspecified atom stereocenters. The highest BCUT2D eigenvalue weighted by Gasteiger charge is 2.34. The van der Waals surface area contributed by atoms with E-state index in [9.17, 15) is 9.59 Å². The highest BCUT2D eigenvalue weighted by molar-refractivity contribution is 5.90. The Morgan fingerprint density at radius 2 is 1.90 bits per heavy atom. The third-order valence-corrected chi connectivity index (χ3v) is 2.83. The number of rotatable bonds is 4. The average Bonchev–Trinajstić information content (AvgIpc) is 2.45. The Morgan fingerprint density at radius 1 is 1.33 bits per heavy atom. The minimum atomic E-state index is -1.08. The van der Waals surface area contributed by atoms with Crippen LogP contribution in [0.15, 0.2) is 66.5 Å². The van der Waals surface area contributed by atoms with Crippen LogP contribution in [0.5, 0.6) is 0 Å². The summed E-state index contributed by atoms with van der Waals surface area (Å²) >= 11 is 0. The summed E-state index contributed by atoms with van der Waals surface area (Å²) in [7, 11) is 0. The van der Waals surface area contributed by atoms with E-state index in [4.69, 9.17) is 10.2 Å². The van der Waals surface area contributed by atoms with Crippen LogP contribution < -0.4 is 0 Å². The summed E-state index contributed by atoms with van der Waals surface area (Å²) < 4.78 is 0. The van der Waals surface area contributed by atoms with E-state index in [1.807, 2.05) is 13.0 Å². The van der Waals surface area contributed by atoms with Crippen molar-refractivity contribution in [3.63, 3.8) is 0 Å². The molecule has 0 aliphatic heterocycles. The molecule has 21 heavy (non-hydrogen) atoms. The van der Waals surface area contributed by atoms with E-state index in [1.165, 1.54) is 25.2 Å². The summed E-state index contributed by atoms with van der Waals surface area (Å²) in [5.74, 6) is -2.06. The lowest BCUT2D eigenvalue weighted by atomic mass is 9.80. The number of carboxylic acids is 2. The predicted molar refractivity (Wildman–Crippen MR) is 82.9 cm³/mol. The molecule has 0 saturated heterocycles. The highest BCUT2D eigenvalue weighted by Crippen LogP contribution is 2.31. The van der Waals surface area contributed by atoms with Crippen molar-refractivity contribution in [2.45, 2.75) is 20.3 Å². The standard InChI is InChI=1S/C9H10O4.C8H10/c1-9(8(12)13)4-2-3-6(5-9)7(10)11;1-4-7-8(5-2)6-3/h2-4H,5H2,1H3,(H,10,11)(H,12,13);4-6H,2-3H2,1H3. The zero-order valence-corrected chi connectivity index (χ0v) is 12.3. The maximum Gasteiger partial charge on any atom is 0.331 e. The molecular formula is C17H20O4. The fraction of sp³-hybridized carbons (Fsp3) is 0.235. The molecule has 1 aliphatic carbocycles. The molecule has 0 fully saturated rings. The van der Waals surface area contributed by atoms with Crippen molar-refractivity contribution in [2.24, 2.45) is 5.41 Å². The Kier molecular flexibility index (Phi) is 7.51. The predicted octanol–water partition coefficient (Wildman–Crippen LogP) is 3.51. The van der Waals surface area contributed by atoms with Crippen LogP contribution in [0, 0.1) is 5.41 Å². The van der Waals surface area contributed by atoms with Gasteiger partial charge in [-0.15, -0.1) is 5.73 Å². The lowest BCUT2D eigenvalue weighted by Gasteiger charge is -2.23. The quantitative estimate of drug-likeness (QED) is 0.613. The summed E-state index contributed by atoms with van der Waals surface area (Å²) in [6.07, 6.45) is 9.70. The van der Waals surface area contributed by atoms with Crippen LogP contribution in [0.25, 0.3) is 0 Å². The molecule has 2 N–H and O–H groups in total. The topological polar surface area (TPSA) is 74.6 Å². The maximum atomic E-state index is 10.8. The molecule has 112 valence electrons. The van der Waals surface area contributed by atoms with Gasteiger partial charge in [0, 0.05) is 11.1 Å². The maximum absolute atomic E-state index is 10.8. The van der Waals surface area contributed by atoms with Crippen molar-refractivity contribution >= 4 is 11.9 Å². The number of hydrogen-bond donors (Lipinski definition) is 2. The van der Waals surface area contributed by atoms with Gasteiger partial charge in [0.2, 0.25) is 0 Å². The van der Waals surface area contributed by atoms with E-state index in [2.05, 4.69) is 18.9 Å². The molecule has 1 aliphatic rings. The minimum absolute atomic E-state index is 0.0359. The number of carbonyl (C=O) groups is 2. The second-order valence-electron chi connectivity index (χ2n) is 4.55. The number of hydrogen-bond acceptors (Lipinski definition) is 2. The summed E-state index contributed by atoms with van der Waals surface area (Å²) in [5, 5.41) is 17.5. The molecular weight excluding hydrogens is 268 g/mol. The zero-order valence-electron chi connectivity index (χ0n) is 12.3. The van der Waals surface area contributed by atoms with Crippen LogP contribution >= 0.6 is 0 Å². The van der Waals surface area contributed by atoms with Gasteiger partial charge >= 0.3 is 11.9 Å². The van der Waals surface area contributed by atoms with E-state index in [1.54, 1.807) is 12.2 Å². The van der Waals surface area contributed by atoms with Crippen LogP contribution in [-0.4, -0.2) is 22.2 Å². The van der Waals surface area contributed by atoms with Gasteiger partial charge in [0.25, 0.3) is 0 Å². The molecule has 0 aromatic heterocycles. The van der Waals surface area contributed by atoms with Crippen molar-refractivity contribution in [1.82, 2.24) is 0 Å². The third kappa shape index (κ3) is 5.93. The summed E-state index contributed by atoms with van der Waals surface area (Å²) in [4.78, 5) is 21.3. The van der Waals surface area contributed by atoms with Gasteiger partial charge in [0.15, 0.2) is 0 Å². The molecule has 4 heteroatoms. The fourth-order valence-corrected chi connectivity index (χ4v) is 1.55. The van der Waals surface area contributed by atoms with E-state index in [0.717, 1.165) is 5.57 Å². The van der Waals surface area contributed by atoms with E-state index in [-0.39, 0.29) is 12.0 Å². The van der Waals surface area contributed by atoms with Gasteiger partial charge in [-0.05, 0) is 26.3 Å². The largest absolute Gasteiger partial charge is 0.481 e. The van der Waals surface area contributed by atoms with Gasteiger partial charge in [0.1, 0.15) is 0 Å². The first-order valence-electron chi connectivity index (χ1n) is 6.32. The van der Waals surface area contributed by atoms with E-state index >= 15 is 0 Å². The van der Waals surface area contributed by atoms with Crippen LogP contribution in [0.1, 0.15) is 20.3 Å². The van der Waals surface area contributed by atoms with Gasteiger partial charge in [-0.25, -0.2) is 4.79 Å². The highest BCUT2D eigenvalue weighted by atomic mass is 16.4. The second kappa shape index (κ2) is 8.56. The molecule has 1 atom stereocenters. The van der Waals surface area contributed by atoms with Gasteiger partial charge < -0.3 is 10.2 Å². The van der Waals surface area contributed by atoms with Crippen molar-refractivity contribution in [1.29, 1.82) is 0 Å². The summed E-state index contributed by atoms with van der Waals surface area (Å²) in [5.41, 5.74) is 2.93. The van der Waals surface area contributed by atoms with Crippen LogP contribution in [-0.2, 0) is 9.59 Å². The number of allylic oxidation sites excluding steroid dienone is 5. The smallest absolute Gasteiger partial charge is 0.331 e. The normalized spacial score (nSPS) is 19.0.